The minimum Gasteiger partial charge on any atom is -0.465 e. The molecule has 160 valence electrons. The van der Waals surface area contributed by atoms with Crippen LogP contribution in [0.4, 0.5) is 5.69 Å². The third-order valence-electron chi connectivity index (χ3n) is 5.74. The summed E-state index contributed by atoms with van der Waals surface area (Å²) >= 11 is 0. The Hall–Kier alpha value is -2.83. The third-order valence-corrected chi connectivity index (χ3v) is 5.74. The topological polar surface area (TPSA) is 98.9 Å². The molecule has 0 aromatic heterocycles. The zero-order valence-corrected chi connectivity index (χ0v) is 17.9. The second kappa shape index (κ2) is 8.50. The number of allylic oxidation sites excluding steroid dienone is 2. The van der Waals surface area contributed by atoms with Crippen LogP contribution in [0.1, 0.15) is 64.9 Å². The van der Waals surface area contributed by atoms with Crippen molar-refractivity contribution in [3.63, 3.8) is 0 Å². The van der Waals surface area contributed by atoms with Crippen LogP contribution in [0.15, 0.2) is 40.5 Å². The maximum Gasteiger partial charge on any atom is 0.315 e. The van der Waals surface area contributed by atoms with Gasteiger partial charge < -0.3 is 4.74 Å². The SMILES string of the molecule is CCCCOC(=O)C1C(C)=NC2=C(C(=O)CC(C)(C)C2)[C@@H]1c1cccc([N+](=O)[O-])c1. The van der Waals surface area contributed by atoms with E-state index in [9.17, 15) is 19.7 Å². The number of esters is 1. The third kappa shape index (κ3) is 4.35. The maximum absolute atomic E-state index is 13.2. The van der Waals surface area contributed by atoms with Gasteiger partial charge in [-0.25, -0.2) is 0 Å². The molecule has 1 aromatic carbocycles. The standard InChI is InChI=1S/C23H28N2O5/c1-5-6-10-30-22(27)19-14(2)24-17-12-23(3,4)13-18(26)21(17)20(19)15-8-7-9-16(11-15)25(28)29/h7-9,11,19-20H,5-6,10,12-13H2,1-4H3/t19?,20-/m1/s1. The molecule has 3 rings (SSSR count). The van der Waals surface area contributed by atoms with Crippen molar-refractivity contribution < 1.29 is 19.2 Å². The van der Waals surface area contributed by atoms with Crippen LogP contribution in [-0.4, -0.2) is 29.0 Å². The molecule has 1 aliphatic carbocycles. The smallest absolute Gasteiger partial charge is 0.315 e. The molecule has 1 aromatic rings. The Labute approximate surface area is 176 Å². The van der Waals surface area contributed by atoms with Gasteiger partial charge in [0.1, 0.15) is 5.92 Å². The zero-order valence-electron chi connectivity index (χ0n) is 17.9. The van der Waals surface area contributed by atoms with Gasteiger partial charge in [-0.2, -0.15) is 0 Å². The highest BCUT2D eigenvalue weighted by molar-refractivity contribution is 6.09. The number of Topliss-reactive ketones (excluding diaryl/α,β-unsaturated/α-hetero) is 1. The summed E-state index contributed by atoms with van der Waals surface area (Å²) in [6, 6.07) is 6.18. The lowest BCUT2D eigenvalue weighted by Crippen LogP contribution is -2.39. The van der Waals surface area contributed by atoms with Gasteiger partial charge in [0, 0.05) is 41.5 Å². The normalized spacial score (nSPS) is 22.9. The van der Waals surface area contributed by atoms with Crippen molar-refractivity contribution in [2.75, 3.05) is 6.61 Å². The number of nitro benzene ring substituents is 1. The molecule has 7 heteroatoms. The van der Waals surface area contributed by atoms with Crippen LogP contribution in [0.2, 0.25) is 0 Å². The molecule has 0 radical (unpaired) electrons. The largest absolute Gasteiger partial charge is 0.465 e. The molecule has 2 aliphatic rings. The molecule has 0 bridgehead atoms. The number of non-ortho nitro benzene ring substituents is 1. The Morgan fingerprint density at radius 3 is 2.73 bits per heavy atom. The number of carbonyl (C=O) groups is 2. The predicted octanol–water partition coefficient (Wildman–Crippen LogP) is 4.76. The van der Waals surface area contributed by atoms with E-state index in [4.69, 9.17) is 4.74 Å². The number of nitrogens with zero attached hydrogens (tertiary/aromatic N) is 2. The van der Waals surface area contributed by atoms with Crippen molar-refractivity contribution in [3.05, 3.63) is 51.2 Å². The average Bonchev–Trinajstić information content (AvgIpc) is 2.66. The fourth-order valence-corrected chi connectivity index (χ4v) is 4.35. The summed E-state index contributed by atoms with van der Waals surface area (Å²) in [6.07, 6.45) is 2.61. The van der Waals surface area contributed by atoms with Gasteiger partial charge in [0.15, 0.2) is 5.78 Å². The molecule has 2 atom stereocenters. The number of benzene rings is 1. The van der Waals surface area contributed by atoms with E-state index in [1.54, 1.807) is 19.1 Å². The minimum atomic E-state index is -0.771. The molecule has 0 amide bonds. The number of aliphatic imine (C=N–C) groups is 1. The number of hydrogen-bond acceptors (Lipinski definition) is 6. The van der Waals surface area contributed by atoms with Crippen molar-refractivity contribution in [2.45, 2.75) is 59.3 Å². The molecule has 30 heavy (non-hydrogen) atoms. The van der Waals surface area contributed by atoms with Crippen molar-refractivity contribution in [3.8, 4) is 0 Å². The first kappa shape index (κ1) is 21.9. The Balaban J connectivity index is 2.12. The summed E-state index contributed by atoms with van der Waals surface area (Å²) in [4.78, 5) is 41.7. The van der Waals surface area contributed by atoms with Crippen LogP contribution in [0.3, 0.4) is 0 Å². The minimum absolute atomic E-state index is 0.0552. The van der Waals surface area contributed by atoms with E-state index in [1.165, 1.54) is 12.1 Å². The van der Waals surface area contributed by atoms with E-state index in [0.29, 0.717) is 42.0 Å². The Kier molecular flexibility index (Phi) is 6.19. The lowest BCUT2D eigenvalue weighted by Gasteiger charge is -2.38. The fraction of sp³-hybridized carbons (Fsp3) is 0.522. The van der Waals surface area contributed by atoms with Crippen LogP contribution in [0.5, 0.6) is 0 Å². The van der Waals surface area contributed by atoms with E-state index < -0.39 is 22.7 Å². The number of ether oxygens (including phenoxy) is 1. The molecule has 0 saturated carbocycles. The van der Waals surface area contributed by atoms with E-state index in [0.717, 1.165) is 12.8 Å². The van der Waals surface area contributed by atoms with Crippen molar-refractivity contribution >= 4 is 23.2 Å². The highest BCUT2D eigenvalue weighted by Crippen LogP contribution is 2.48. The lowest BCUT2D eigenvalue weighted by atomic mass is 9.67. The quantitative estimate of drug-likeness (QED) is 0.290. The van der Waals surface area contributed by atoms with Crippen molar-refractivity contribution in [1.82, 2.24) is 0 Å². The Morgan fingerprint density at radius 1 is 1.33 bits per heavy atom. The van der Waals surface area contributed by atoms with E-state index >= 15 is 0 Å². The van der Waals surface area contributed by atoms with E-state index in [1.807, 2.05) is 20.8 Å². The number of ketones is 1. The molecule has 0 N–H and O–H groups in total. The summed E-state index contributed by atoms with van der Waals surface area (Å²) in [6.45, 7) is 8.12. The van der Waals surface area contributed by atoms with Crippen molar-refractivity contribution in [1.29, 1.82) is 0 Å². The predicted molar refractivity (Wildman–Crippen MR) is 113 cm³/mol. The van der Waals surface area contributed by atoms with Gasteiger partial charge in [0.2, 0.25) is 0 Å². The van der Waals surface area contributed by atoms with Crippen LogP contribution >= 0.6 is 0 Å². The van der Waals surface area contributed by atoms with Gasteiger partial charge in [-0.05, 0) is 30.7 Å². The second-order valence-electron chi connectivity index (χ2n) is 8.88. The lowest BCUT2D eigenvalue weighted by molar-refractivity contribution is -0.384. The van der Waals surface area contributed by atoms with Crippen LogP contribution < -0.4 is 0 Å². The number of carbonyl (C=O) groups excluding carboxylic acids is 2. The summed E-state index contributed by atoms with van der Waals surface area (Å²) in [5.41, 5.74) is 2.03. The first-order chi connectivity index (χ1) is 14.1. The molecule has 1 unspecified atom stereocenters. The summed E-state index contributed by atoms with van der Waals surface area (Å²) in [5.74, 6) is -1.89. The molecular weight excluding hydrogens is 384 g/mol. The van der Waals surface area contributed by atoms with Gasteiger partial charge in [-0.3, -0.25) is 24.7 Å². The molecule has 1 heterocycles. The first-order valence-electron chi connectivity index (χ1n) is 10.4. The molecule has 1 aliphatic heterocycles. The average molecular weight is 412 g/mol. The number of hydrogen-bond donors (Lipinski definition) is 0. The van der Waals surface area contributed by atoms with Gasteiger partial charge >= 0.3 is 5.97 Å². The van der Waals surface area contributed by atoms with Crippen LogP contribution in [-0.2, 0) is 14.3 Å². The van der Waals surface area contributed by atoms with Crippen LogP contribution in [0.25, 0.3) is 0 Å². The molecular formula is C23H28N2O5. The molecule has 7 nitrogen and oxygen atoms in total. The molecule has 0 saturated heterocycles. The zero-order chi connectivity index (χ0) is 22.1. The van der Waals surface area contributed by atoms with Gasteiger partial charge in [0.05, 0.1) is 11.5 Å². The number of unbranched alkanes of at least 4 members (excludes halogenated alkanes) is 1. The number of rotatable bonds is 6. The highest BCUT2D eigenvalue weighted by Gasteiger charge is 2.46. The monoisotopic (exact) mass is 412 g/mol. The van der Waals surface area contributed by atoms with Gasteiger partial charge in [0.25, 0.3) is 5.69 Å². The summed E-state index contributed by atoms with van der Waals surface area (Å²) in [5, 5.41) is 11.3. The Morgan fingerprint density at radius 2 is 2.07 bits per heavy atom. The number of nitro groups is 1. The fourth-order valence-electron chi connectivity index (χ4n) is 4.35. The second-order valence-corrected chi connectivity index (χ2v) is 8.88. The van der Waals surface area contributed by atoms with Crippen molar-refractivity contribution in [2.24, 2.45) is 16.3 Å². The highest BCUT2D eigenvalue weighted by atomic mass is 16.6. The van der Waals surface area contributed by atoms with Crippen LogP contribution in [0, 0.1) is 21.4 Å². The molecule has 0 fully saturated rings. The first-order valence-corrected chi connectivity index (χ1v) is 10.4. The van der Waals surface area contributed by atoms with Gasteiger partial charge in [-0.1, -0.05) is 39.3 Å². The van der Waals surface area contributed by atoms with E-state index in [-0.39, 0.29) is 16.9 Å². The summed E-state index contributed by atoms with van der Waals surface area (Å²) < 4.78 is 5.49. The Bertz CT molecular complexity index is 945. The van der Waals surface area contributed by atoms with Gasteiger partial charge in [-0.15, -0.1) is 0 Å². The summed E-state index contributed by atoms with van der Waals surface area (Å²) in [7, 11) is 0. The maximum atomic E-state index is 13.2. The molecule has 0 spiro atoms. The van der Waals surface area contributed by atoms with E-state index in [2.05, 4.69) is 4.99 Å².